The average molecular weight is 243 g/mol. The first-order valence-corrected chi connectivity index (χ1v) is 6.62. The van der Waals surface area contributed by atoms with E-state index in [2.05, 4.69) is 29.8 Å². The molecule has 2 unspecified atom stereocenters. The highest BCUT2D eigenvalue weighted by atomic mass is 32.1. The first-order chi connectivity index (χ1) is 7.72. The molecule has 0 aliphatic rings. The summed E-state index contributed by atoms with van der Waals surface area (Å²) in [5, 5.41) is 15.0. The third kappa shape index (κ3) is 5.61. The van der Waals surface area contributed by atoms with Gasteiger partial charge in [-0.25, -0.2) is 0 Å². The van der Waals surface area contributed by atoms with Crippen LogP contribution in [0, 0.1) is 0 Å². The molecule has 0 saturated heterocycles. The fraction of sp³-hybridized carbons (Fsp3) is 0.667. The van der Waals surface area contributed by atoms with Crippen LogP contribution in [0.25, 0.3) is 0 Å². The minimum Gasteiger partial charge on any atom is -0.389 e. The standard InChI is InChI=1S/C12H21NO2S/c1-3-15-9-11(14)8-13-10(2)7-12-5-4-6-16-12/h4-6,10-11,13-14H,3,7-9H2,1-2H3. The molecule has 1 rings (SSSR count). The monoisotopic (exact) mass is 243 g/mol. The number of thiophene rings is 1. The molecule has 0 aliphatic heterocycles. The summed E-state index contributed by atoms with van der Waals surface area (Å²) >= 11 is 1.77. The van der Waals surface area contributed by atoms with Crippen LogP contribution in [0.15, 0.2) is 17.5 Å². The number of hydrogen-bond donors (Lipinski definition) is 2. The lowest BCUT2D eigenvalue weighted by Crippen LogP contribution is -2.36. The van der Waals surface area contributed by atoms with Crippen LogP contribution in [0.4, 0.5) is 0 Å². The molecule has 0 spiro atoms. The van der Waals surface area contributed by atoms with Crippen LogP contribution < -0.4 is 5.32 Å². The summed E-state index contributed by atoms with van der Waals surface area (Å²) in [6.07, 6.45) is 0.602. The summed E-state index contributed by atoms with van der Waals surface area (Å²) in [7, 11) is 0. The predicted octanol–water partition coefficient (Wildman–Crippen LogP) is 1.67. The maximum atomic E-state index is 9.57. The third-order valence-corrected chi connectivity index (χ3v) is 3.20. The maximum Gasteiger partial charge on any atom is 0.0897 e. The van der Waals surface area contributed by atoms with Crippen molar-refractivity contribution >= 4 is 11.3 Å². The van der Waals surface area contributed by atoms with Crippen LogP contribution in [0.2, 0.25) is 0 Å². The predicted molar refractivity (Wildman–Crippen MR) is 68.0 cm³/mol. The summed E-state index contributed by atoms with van der Waals surface area (Å²) in [6, 6.07) is 4.59. The highest BCUT2D eigenvalue weighted by molar-refractivity contribution is 7.09. The highest BCUT2D eigenvalue weighted by Crippen LogP contribution is 2.10. The second kappa shape index (κ2) is 7.79. The van der Waals surface area contributed by atoms with Crippen LogP contribution in [0.1, 0.15) is 18.7 Å². The summed E-state index contributed by atoms with van der Waals surface area (Å²) in [6.45, 7) is 5.72. The number of ether oxygens (including phenoxy) is 1. The molecule has 1 aromatic heterocycles. The van der Waals surface area contributed by atoms with Crippen molar-refractivity contribution in [3.63, 3.8) is 0 Å². The normalized spacial score (nSPS) is 14.9. The van der Waals surface area contributed by atoms with E-state index in [9.17, 15) is 5.11 Å². The first kappa shape index (κ1) is 13.6. The molecule has 16 heavy (non-hydrogen) atoms. The van der Waals surface area contributed by atoms with Gasteiger partial charge in [-0.3, -0.25) is 0 Å². The van der Waals surface area contributed by atoms with Gasteiger partial charge in [-0.1, -0.05) is 6.07 Å². The Hall–Kier alpha value is -0.420. The molecule has 0 fully saturated rings. The SMILES string of the molecule is CCOCC(O)CNC(C)Cc1cccs1. The fourth-order valence-corrected chi connectivity index (χ4v) is 2.29. The molecule has 0 amide bonds. The van der Waals surface area contributed by atoms with Crippen LogP contribution in [0.3, 0.4) is 0 Å². The smallest absolute Gasteiger partial charge is 0.0897 e. The van der Waals surface area contributed by atoms with Crippen molar-refractivity contribution in [2.24, 2.45) is 0 Å². The molecule has 3 nitrogen and oxygen atoms in total. The van der Waals surface area contributed by atoms with Crippen molar-refractivity contribution in [3.05, 3.63) is 22.4 Å². The quantitative estimate of drug-likeness (QED) is 0.730. The van der Waals surface area contributed by atoms with Crippen LogP contribution in [-0.2, 0) is 11.2 Å². The lowest BCUT2D eigenvalue weighted by molar-refractivity contribution is 0.0417. The Balaban J connectivity index is 2.12. The molecule has 0 saturated carbocycles. The van der Waals surface area contributed by atoms with Gasteiger partial charge in [0, 0.05) is 24.1 Å². The van der Waals surface area contributed by atoms with Crippen molar-refractivity contribution < 1.29 is 9.84 Å². The molecule has 0 bridgehead atoms. The number of rotatable bonds is 8. The Bertz CT molecular complexity index is 264. The van der Waals surface area contributed by atoms with E-state index < -0.39 is 6.10 Å². The molecule has 4 heteroatoms. The van der Waals surface area contributed by atoms with Gasteiger partial charge in [0.1, 0.15) is 0 Å². The van der Waals surface area contributed by atoms with Crippen molar-refractivity contribution in [1.29, 1.82) is 0 Å². The second-order valence-corrected chi connectivity index (χ2v) is 4.94. The zero-order chi connectivity index (χ0) is 11.8. The van der Waals surface area contributed by atoms with E-state index in [1.54, 1.807) is 11.3 Å². The van der Waals surface area contributed by atoms with E-state index in [4.69, 9.17) is 4.74 Å². The van der Waals surface area contributed by atoms with Gasteiger partial charge >= 0.3 is 0 Å². The Morgan fingerprint density at radius 2 is 2.38 bits per heavy atom. The molecular weight excluding hydrogens is 222 g/mol. The molecule has 0 aliphatic carbocycles. The maximum absolute atomic E-state index is 9.57. The Kier molecular flexibility index (Phi) is 6.64. The van der Waals surface area contributed by atoms with E-state index >= 15 is 0 Å². The van der Waals surface area contributed by atoms with Gasteiger partial charge in [-0.15, -0.1) is 11.3 Å². The topological polar surface area (TPSA) is 41.5 Å². The largest absolute Gasteiger partial charge is 0.389 e. The Morgan fingerprint density at radius 1 is 1.56 bits per heavy atom. The van der Waals surface area contributed by atoms with Crippen molar-refractivity contribution in [2.45, 2.75) is 32.4 Å². The number of hydrogen-bond acceptors (Lipinski definition) is 4. The van der Waals surface area contributed by atoms with E-state index in [-0.39, 0.29) is 0 Å². The summed E-state index contributed by atoms with van der Waals surface area (Å²) < 4.78 is 5.15. The van der Waals surface area contributed by atoms with E-state index in [0.717, 1.165) is 6.42 Å². The molecule has 1 aromatic rings. The molecular formula is C12H21NO2S. The number of aliphatic hydroxyl groups excluding tert-OH is 1. The van der Waals surface area contributed by atoms with Crippen LogP contribution >= 0.6 is 11.3 Å². The first-order valence-electron chi connectivity index (χ1n) is 5.74. The van der Waals surface area contributed by atoms with Gasteiger partial charge in [0.05, 0.1) is 12.7 Å². The van der Waals surface area contributed by atoms with Gasteiger partial charge in [0.15, 0.2) is 0 Å². The fourth-order valence-electron chi connectivity index (χ4n) is 1.45. The number of nitrogens with one attached hydrogen (secondary N) is 1. The molecule has 0 aromatic carbocycles. The van der Waals surface area contributed by atoms with Gasteiger partial charge in [0.2, 0.25) is 0 Å². The lowest BCUT2D eigenvalue weighted by atomic mass is 10.2. The molecule has 2 N–H and O–H groups in total. The summed E-state index contributed by atoms with van der Waals surface area (Å²) in [5.74, 6) is 0. The van der Waals surface area contributed by atoms with Crippen molar-refractivity contribution in [2.75, 3.05) is 19.8 Å². The van der Waals surface area contributed by atoms with E-state index in [0.29, 0.717) is 25.8 Å². The van der Waals surface area contributed by atoms with Gasteiger partial charge in [-0.05, 0) is 31.7 Å². The molecule has 1 heterocycles. The minimum atomic E-state index is -0.411. The number of aliphatic hydroxyl groups is 1. The zero-order valence-corrected chi connectivity index (χ0v) is 10.8. The second-order valence-electron chi connectivity index (χ2n) is 3.91. The van der Waals surface area contributed by atoms with Crippen molar-refractivity contribution in [3.8, 4) is 0 Å². The van der Waals surface area contributed by atoms with E-state index in [1.165, 1.54) is 4.88 Å². The van der Waals surface area contributed by atoms with Crippen LogP contribution in [-0.4, -0.2) is 37.0 Å². The van der Waals surface area contributed by atoms with E-state index in [1.807, 2.05) is 6.92 Å². The molecule has 0 radical (unpaired) electrons. The van der Waals surface area contributed by atoms with Crippen molar-refractivity contribution in [1.82, 2.24) is 5.32 Å². The average Bonchev–Trinajstić information content (AvgIpc) is 2.76. The lowest BCUT2D eigenvalue weighted by Gasteiger charge is -2.16. The van der Waals surface area contributed by atoms with Crippen LogP contribution in [0.5, 0.6) is 0 Å². The molecule has 2 atom stereocenters. The van der Waals surface area contributed by atoms with Gasteiger partial charge < -0.3 is 15.2 Å². The third-order valence-electron chi connectivity index (χ3n) is 2.30. The van der Waals surface area contributed by atoms with Gasteiger partial charge in [-0.2, -0.15) is 0 Å². The summed E-state index contributed by atoms with van der Waals surface area (Å²) in [5.41, 5.74) is 0. The minimum absolute atomic E-state index is 0.384. The van der Waals surface area contributed by atoms with Gasteiger partial charge in [0.25, 0.3) is 0 Å². The molecule has 92 valence electrons. The Morgan fingerprint density at radius 3 is 3.00 bits per heavy atom. The Labute approximate surface area is 101 Å². The zero-order valence-electron chi connectivity index (χ0n) is 9.98. The summed E-state index contributed by atoms with van der Waals surface area (Å²) in [4.78, 5) is 1.37. The highest BCUT2D eigenvalue weighted by Gasteiger charge is 2.07.